The molecule has 1 aromatic carbocycles. The summed E-state index contributed by atoms with van der Waals surface area (Å²) in [4.78, 5) is 20.9. The molecular formula is C18H19N3O2S. The number of imidazole rings is 1. The predicted molar refractivity (Wildman–Crippen MR) is 95.5 cm³/mol. The second-order valence-electron chi connectivity index (χ2n) is 5.17. The molecule has 2 aromatic heterocycles. The SMILES string of the molecule is CCOc1cccc(C(=O)NCCc2[nH]cnc2-c2cccs2)c1. The number of benzene rings is 1. The van der Waals surface area contributed by atoms with Crippen LogP contribution in [0.4, 0.5) is 0 Å². The Labute approximate surface area is 144 Å². The zero-order valence-corrected chi connectivity index (χ0v) is 14.2. The Morgan fingerprint density at radius 2 is 2.25 bits per heavy atom. The zero-order chi connectivity index (χ0) is 16.8. The molecule has 0 atom stereocenters. The summed E-state index contributed by atoms with van der Waals surface area (Å²) in [7, 11) is 0. The number of thiophene rings is 1. The number of hydrogen-bond donors (Lipinski definition) is 2. The van der Waals surface area contributed by atoms with E-state index in [1.807, 2.05) is 36.6 Å². The molecule has 0 aliphatic rings. The lowest BCUT2D eigenvalue weighted by atomic mass is 10.2. The van der Waals surface area contributed by atoms with Crippen molar-refractivity contribution < 1.29 is 9.53 Å². The monoisotopic (exact) mass is 341 g/mol. The summed E-state index contributed by atoms with van der Waals surface area (Å²) in [5, 5.41) is 4.97. The number of amides is 1. The van der Waals surface area contributed by atoms with E-state index in [4.69, 9.17) is 4.74 Å². The number of rotatable bonds is 7. The van der Waals surface area contributed by atoms with Crippen LogP contribution in [-0.4, -0.2) is 29.0 Å². The average Bonchev–Trinajstić information content (AvgIpc) is 3.26. The van der Waals surface area contributed by atoms with E-state index in [1.54, 1.807) is 29.8 Å². The van der Waals surface area contributed by atoms with Gasteiger partial charge in [-0.2, -0.15) is 0 Å². The molecule has 0 bridgehead atoms. The lowest BCUT2D eigenvalue weighted by molar-refractivity contribution is 0.0953. The van der Waals surface area contributed by atoms with E-state index >= 15 is 0 Å². The van der Waals surface area contributed by atoms with Crippen molar-refractivity contribution in [1.29, 1.82) is 0 Å². The van der Waals surface area contributed by atoms with E-state index in [-0.39, 0.29) is 5.91 Å². The van der Waals surface area contributed by atoms with Gasteiger partial charge in [-0.15, -0.1) is 11.3 Å². The molecular weight excluding hydrogens is 322 g/mol. The summed E-state index contributed by atoms with van der Waals surface area (Å²) < 4.78 is 5.43. The molecule has 0 spiro atoms. The van der Waals surface area contributed by atoms with Crippen LogP contribution in [0.5, 0.6) is 5.75 Å². The third-order valence-electron chi connectivity index (χ3n) is 3.54. The van der Waals surface area contributed by atoms with Crippen LogP contribution >= 0.6 is 11.3 Å². The van der Waals surface area contributed by atoms with E-state index in [2.05, 4.69) is 15.3 Å². The van der Waals surface area contributed by atoms with Gasteiger partial charge in [0.25, 0.3) is 5.91 Å². The molecule has 0 unspecified atom stereocenters. The Kier molecular flexibility index (Phi) is 5.28. The number of nitrogens with zero attached hydrogens (tertiary/aromatic N) is 1. The zero-order valence-electron chi connectivity index (χ0n) is 13.4. The van der Waals surface area contributed by atoms with Crippen LogP contribution in [0.15, 0.2) is 48.1 Å². The van der Waals surface area contributed by atoms with E-state index in [9.17, 15) is 4.79 Å². The van der Waals surface area contributed by atoms with Gasteiger partial charge in [-0.1, -0.05) is 12.1 Å². The highest BCUT2D eigenvalue weighted by molar-refractivity contribution is 7.13. The Balaban J connectivity index is 1.58. The first kappa shape index (κ1) is 16.3. The van der Waals surface area contributed by atoms with Gasteiger partial charge in [-0.3, -0.25) is 4.79 Å². The summed E-state index contributed by atoms with van der Waals surface area (Å²) in [6.45, 7) is 3.04. The third-order valence-corrected chi connectivity index (χ3v) is 4.42. The standard InChI is InChI=1S/C18H19N3O2S/c1-2-23-14-6-3-5-13(11-14)18(22)19-9-8-15-17(21-12-20-15)16-7-4-10-24-16/h3-7,10-12H,2,8-9H2,1H3,(H,19,22)(H,20,21). The van der Waals surface area contributed by atoms with E-state index in [0.29, 0.717) is 30.9 Å². The van der Waals surface area contributed by atoms with Gasteiger partial charge in [0.05, 0.1) is 17.8 Å². The van der Waals surface area contributed by atoms with Gasteiger partial charge in [-0.25, -0.2) is 4.98 Å². The van der Waals surface area contributed by atoms with E-state index < -0.39 is 0 Å². The minimum Gasteiger partial charge on any atom is -0.494 e. The highest BCUT2D eigenvalue weighted by atomic mass is 32.1. The molecule has 0 fully saturated rings. The van der Waals surface area contributed by atoms with Crippen LogP contribution in [0, 0.1) is 0 Å². The second kappa shape index (κ2) is 7.79. The minimum absolute atomic E-state index is 0.103. The number of carbonyl (C=O) groups is 1. The summed E-state index contributed by atoms with van der Waals surface area (Å²) in [6, 6.07) is 11.3. The van der Waals surface area contributed by atoms with Crippen molar-refractivity contribution in [2.75, 3.05) is 13.2 Å². The lowest BCUT2D eigenvalue weighted by Crippen LogP contribution is -2.25. The molecule has 5 nitrogen and oxygen atoms in total. The number of hydrogen-bond acceptors (Lipinski definition) is 4. The van der Waals surface area contributed by atoms with Gasteiger partial charge < -0.3 is 15.0 Å². The van der Waals surface area contributed by atoms with Crippen molar-refractivity contribution in [2.45, 2.75) is 13.3 Å². The third kappa shape index (κ3) is 3.83. The number of H-pyrrole nitrogens is 1. The van der Waals surface area contributed by atoms with Gasteiger partial charge in [0.2, 0.25) is 0 Å². The number of ether oxygens (including phenoxy) is 1. The summed E-state index contributed by atoms with van der Waals surface area (Å²) >= 11 is 1.65. The summed E-state index contributed by atoms with van der Waals surface area (Å²) in [5.74, 6) is 0.604. The first-order valence-corrected chi connectivity index (χ1v) is 8.73. The lowest BCUT2D eigenvalue weighted by Gasteiger charge is -2.07. The van der Waals surface area contributed by atoms with Crippen molar-refractivity contribution in [3.63, 3.8) is 0 Å². The molecule has 0 radical (unpaired) electrons. The Morgan fingerprint density at radius 1 is 1.33 bits per heavy atom. The van der Waals surface area contributed by atoms with Crippen LogP contribution in [0.25, 0.3) is 10.6 Å². The molecule has 0 aliphatic heterocycles. The Morgan fingerprint density at radius 3 is 3.04 bits per heavy atom. The van der Waals surface area contributed by atoms with E-state index in [0.717, 1.165) is 16.3 Å². The van der Waals surface area contributed by atoms with Crippen molar-refractivity contribution in [1.82, 2.24) is 15.3 Å². The molecule has 24 heavy (non-hydrogen) atoms. The topological polar surface area (TPSA) is 67.0 Å². The van der Waals surface area contributed by atoms with E-state index in [1.165, 1.54) is 0 Å². The Bertz CT molecular complexity index is 796. The van der Waals surface area contributed by atoms with Gasteiger partial charge in [0.1, 0.15) is 11.4 Å². The van der Waals surface area contributed by atoms with Crippen molar-refractivity contribution in [3.05, 3.63) is 59.4 Å². The van der Waals surface area contributed by atoms with Gasteiger partial charge in [0, 0.05) is 24.2 Å². The summed E-state index contributed by atoms with van der Waals surface area (Å²) in [6.07, 6.45) is 2.39. The largest absolute Gasteiger partial charge is 0.494 e. The van der Waals surface area contributed by atoms with Crippen LogP contribution in [0.1, 0.15) is 23.0 Å². The first-order valence-electron chi connectivity index (χ1n) is 7.85. The molecule has 0 aliphatic carbocycles. The highest BCUT2D eigenvalue weighted by Gasteiger charge is 2.10. The number of carbonyl (C=O) groups excluding carboxylic acids is 1. The fourth-order valence-electron chi connectivity index (χ4n) is 2.43. The van der Waals surface area contributed by atoms with Crippen LogP contribution in [0.3, 0.4) is 0 Å². The van der Waals surface area contributed by atoms with Crippen LogP contribution in [0.2, 0.25) is 0 Å². The number of aromatic amines is 1. The maximum absolute atomic E-state index is 12.3. The molecule has 3 rings (SSSR count). The molecule has 6 heteroatoms. The Hall–Kier alpha value is -2.60. The van der Waals surface area contributed by atoms with Crippen molar-refractivity contribution in [3.8, 4) is 16.3 Å². The van der Waals surface area contributed by atoms with Gasteiger partial charge in [0.15, 0.2) is 0 Å². The quantitative estimate of drug-likeness (QED) is 0.691. The average molecular weight is 341 g/mol. The number of nitrogens with one attached hydrogen (secondary N) is 2. The molecule has 124 valence electrons. The molecule has 0 saturated heterocycles. The van der Waals surface area contributed by atoms with Gasteiger partial charge >= 0.3 is 0 Å². The van der Waals surface area contributed by atoms with Crippen molar-refractivity contribution in [2.24, 2.45) is 0 Å². The second-order valence-corrected chi connectivity index (χ2v) is 6.12. The highest BCUT2D eigenvalue weighted by Crippen LogP contribution is 2.25. The smallest absolute Gasteiger partial charge is 0.251 e. The first-order chi connectivity index (χ1) is 11.8. The van der Waals surface area contributed by atoms with Crippen molar-refractivity contribution >= 4 is 17.2 Å². The fourth-order valence-corrected chi connectivity index (χ4v) is 3.18. The molecule has 2 heterocycles. The van der Waals surface area contributed by atoms with Crippen LogP contribution in [-0.2, 0) is 6.42 Å². The molecule has 0 saturated carbocycles. The molecule has 3 aromatic rings. The predicted octanol–water partition coefficient (Wildman–Crippen LogP) is 3.51. The van der Waals surface area contributed by atoms with Crippen LogP contribution < -0.4 is 10.1 Å². The fraction of sp³-hybridized carbons (Fsp3) is 0.222. The maximum atomic E-state index is 12.3. The molecule has 2 N–H and O–H groups in total. The summed E-state index contributed by atoms with van der Waals surface area (Å²) in [5.41, 5.74) is 2.59. The normalized spacial score (nSPS) is 10.5. The number of aromatic nitrogens is 2. The van der Waals surface area contributed by atoms with Gasteiger partial charge in [-0.05, 0) is 36.6 Å². The maximum Gasteiger partial charge on any atom is 0.251 e. The minimum atomic E-state index is -0.103. The molecule has 1 amide bonds.